The summed E-state index contributed by atoms with van der Waals surface area (Å²) < 4.78 is 36.3. The maximum atomic E-state index is 13.5. The highest BCUT2D eigenvalue weighted by Crippen LogP contribution is 2.29. The molecule has 0 aromatic heterocycles. The van der Waals surface area contributed by atoms with Crippen LogP contribution in [0.15, 0.2) is 17.0 Å². The molecule has 0 bridgehead atoms. The minimum Gasteiger partial charge on any atom is -0.352 e. The lowest BCUT2D eigenvalue weighted by Crippen LogP contribution is -2.28. The fourth-order valence-corrected chi connectivity index (χ4v) is 3.62. The Hall–Kier alpha value is -1.14. The van der Waals surface area contributed by atoms with Crippen molar-refractivity contribution in [3.05, 3.63) is 29.1 Å². The molecule has 0 heterocycles. The Kier molecular flexibility index (Phi) is 4.88. The summed E-state index contributed by atoms with van der Waals surface area (Å²) in [5, 5.41) is 2.70. The average Bonchev–Trinajstić information content (AvgIpc) is 2.33. The second-order valence-electron chi connectivity index (χ2n) is 5.36. The molecule has 1 N–H and O–H groups in total. The third-order valence-corrected chi connectivity index (χ3v) is 5.34. The van der Waals surface area contributed by atoms with Gasteiger partial charge in [-0.15, -0.1) is 0 Å². The third-order valence-electron chi connectivity index (χ3n) is 3.90. The Morgan fingerprint density at radius 2 is 2.10 bits per heavy atom. The molecule has 0 atom stereocenters. The van der Waals surface area contributed by atoms with E-state index in [9.17, 15) is 17.6 Å². The van der Waals surface area contributed by atoms with Crippen LogP contribution in [0.4, 0.5) is 4.39 Å². The Labute approximate surface area is 128 Å². The Balaban J connectivity index is 2.14. The molecule has 1 fully saturated rings. The zero-order chi connectivity index (χ0) is 15.6. The number of nitrogens with one attached hydrogen (secondary N) is 1. The first kappa shape index (κ1) is 16.2. The number of hydrogen-bond acceptors (Lipinski definition) is 3. The standard InChI is InChI=1S/C14H17ClFNO3S/c1-9-12(7-11(16)8-13(9)21(15,19)20)14(18)17-6-5-10-3-2-4-10/h7-8,10H,2-6H2,1H3,(H,17,18). The average molecular weight is 334 g/mol. The van der Waals surface area contributed by atoms with Gasteiger partial charge in [-0.05, 0) is 37.0 Å². The zero-order valence-electron chi connectivity index (χ0n) is 11.7. The van der Waals surface area contributed by atoms with Crippen LogP contribution in [-0.2, 0) is 9.05 Å². The summed E-state index contributed by atoms with van der Waals surface area (Å²) in [4.78, 5) is 11.7. The molecule has 2 rings (SSSR count). The SMILES string of the molecule is Cc1c(C(=O)NCCC2CCC2)cc(F)cc1S(=O)(=O)Cl. The first-order valence-corrected chi connectivity index (χ1v) is 9.13. The van der Waals surface area contributed by atoms with Gasteiger partial charge in [0.15, 0.2) is 0 Å². The molecular weight excluding hydrogens is 317 g/mol. The van der Waals surface area contributed by atoms with Gasteiger partial charge in [0, 0.05) is 22.8 Å². The largest absolute Gasteiger partial charge is 0.352 e. The molecule has 1 amide bonds. The smallest absolute Gasteiger partial charge is 0.261 e. The van der Waals surface area contributed by atoms with E-state index in [1.165, 1.54) is 26.2 Å². The summed E-state index contributed by atoms with van der Waals surface area (Å²) in [5.41, 5.74) is 0.162. The molecule has 116 valence electrons. The van der Waals surface area contributed by atoms with Crippen molar-refractivity contribution in [2.75, 3.05) is 6.54 Å². The minimum atomic E-state index is -4.09. The van der Waals surface area contributed by atoms with Gasteiger partial charge in [-0.1, -0.05) is 19.3 Å². The molecule has 0 saturated heterocycles. The molecule has 1 saturated carbocycles. The van der Waals surface area contributed by atoms with Crippen LogP contribution in [0.1, 0.15) is 41.6 Å². The normalized spacial score (nSPS) is 15.6. The lowest BCUT2D eigenvalue weighted by molar-refractivity contribution is 0.0947. The van der Waals surface area contributed by atoms with E-state index >= 15 is 0 Å². The monoisotopic (exact) mass is 333 g/mol. The molecule has 1 aromatic carbocycles. The number of halogens is 2. The van der Waals surface area contributed by atoms with E-state index < -0.39 is 20.8 Å². The second-order valence-corrected chi connectivity index (χ2v) is 7.89. The summed E-state index contributed by atoms with van der Waals surface area (Å²) in [6.07, 6.45) is 4.49. The van der Waals surface area contributed by atoms with Crippen molar-refractivity contribution in [1.29, 1.82) is 0 Å². The Bertz CT molecular complexity index is 656. The van der Waals surface area contributed by atoms with E-state index in [0.29, 0.717) is 12.5 Å². The van der Waals surface area contributed by atoms with Crippen LogP contribution in [0.25, 0.3) is 0 Å². The molecule has 1 aliphatic rings. The van der Waals surface area contributed by atoms with E-state index in [2.05, 4.69) is 5.32 Å². The van der Waals surface area contributed by atoms with Gasteiger partial charge < -0.3 is 5.32 Å². The zero-order valence-corrected chi connectivity index (χ0v) is 13.2. The maximum Gasteiger partial charge on any atom is 0.261 e. The third kappa shape index (κ3) is 3.95. The number of carbonyl (C=O) groups is 1. The number of amides is 1. The van der Waals surface area contributed by atoms with Crippen LogP contribution < -0.4 is 5.32 Å². The molecular formula is C14H17ClFNO3S. The van der Waals surface area contributed by atoms with Gasteiger partial charge >= 0.3 is 0 Å². The van der Waals surface area contributed by atoms with Crippen molar-refractivity contribution >= 4 is 25.6 Å². The van der Waals surface area contributed by atoms with Crippen LogP contribution in [0, 0.1) is 18.7 Å². The molecule has 0 unspecified atom stereocenters. The number of carbonyl (C=O) groups excluding carboxylic acids is 1. The van der Waals surface area contributed by atoms with Crippen LogP contribution in [0.5, 0.6) is 0 Å². The van der Waals surface area contributed by atoms with E-state index in [1.807, 2.05) is 0 Å². The molecule has 1 aromatic rings. The van der Waals surface area contributed by atoms with E-state index in [0.717, 1.165) is 18.6 Å². The molecule has 21 heavy (non-hydrogen) atoms. The van der Waals surface area contributed by atoms with Crippen molar-refractivity contribution < 1.29 is 17.6 Å². The highest BCUT2D eigenvalue weighted by Gasteiger charge is 2.22. The van der Waals surface area contributed by atoms with Gasteiger partial charge in [-0.25, -0.2) is 12.8 Å². The quantitative estimate of drug-likeness (QED) is 0.842. The van der Waals surface area contributed by atoms with Crippen LogP contribution in [0.3, 0.4) is 0 Å². The minimum absolute atomic E-state index is 0.00262. The van der Waals surface area contributed by atoms with Crippen molar-refractivity contribution in [1.82, 2.24) is 5.32 Å². The number of rotatable bonds is 5. The topological polar surface area (TPSA) is 63.2 Å². The predicted octanol–water partition coefficient (Wildman–Crippen LogP) is 2.98. The maximum absolute atomic E-state index is 13.5. The number of benzene rings is 1. The highest BCUT2D eigenvalue weighted by molar-refractivity contribution is 8.13. The van der Waals surface area contributed by atoms with Gasteiger partial charge in [0.05, 0.1) is 4.90 Å². The second kappa shape index (κ2) is 6.32. The summed E-state index contributed by atoms with van der Waals surface area (Å²) in [6, 6.07) is 1.85. The first-order valence-electron chi connectivity index (χ1n) is 6.82. The van der Waals surface area contributed by atoms with E-state index in [4.69, 9.17) is 10.7 Å². The van der Waals surface area contributed by atoms with Crippen molar-refractivity contribution in [2.24, 2.45) is 5.92 Å². The molecule has 7 heteroatoms. The summed E-state index contributed by atoms with van der Waals surface area (Å²) in [6.45, 7) is 1.94. The van der Waals surface area contributed by atoms with Gasteiger partial charge in [-0.3, -0.25) is 4.79 Å². The van der Waals surface area contributed by atoms with Crippen molar-refractivity contribution in [2.45, 2.75) is 37.5 Å². The lowest BCUT2D eigenvalue weighted by atomic mass is 9.83. The van der Waals surface area contributed by atoms with Crippen LogP contribution in [0.2, 0.25) is 0 Å². The molecule has 1 aliphatic carbocycles. The lowest BCUT2D eigenvalue weighted by Gasteiger charge is -2.25. The Morgan fingerprint density at radius 3 is 2.62 bits per heavy atom. The Morgan fingerprint density at radius 1 is 1.43 bits per heavy atom. The summed E-state index contributed by atoms with van der Waals surface area (Å²) in [7, 11) is 1.17. The predicted molar refractivity (Wildman–Crippen MR) is 78.5 cm³/mol. The van der Waals surface area contributed by atoms with Crippen molar-refractivity contribution in [3.8, 4) is 0 Å². The van der Waals surface area contributed by atoms with Crippen LogP contribution >= 0.6 is 10.7 Å². The van der Waals surface area contributed by atoms with Gasteiger partial charge in [-0.2, -0.15) is 0 Å². The fourth-order valence-electron chi connectivity index (χ4n) is 2.41. The molecule has 0 aliphatic heterocycles. The summed E-state index contributed by atoms with van der Waals surface area (Å²) in [5.74, 6) is -0.630. The van der Waals surface area contributed by atoms with E-state index in [-0.39, 0.29) is 16.0 Å². The molecule has 0 spiro atoms. The number of hydrogen-bond donors (Lipinski definition) is 1. The van der Waals surface area contributed by atoms with Crippen molar-refractivity contribution in [3.63, 3.8) is 0 Å². The molecule has 0 radical (unpaired) electrons. The highest BCUT2D eigenvalue weighted by atomic mass is 35.7. The van der Waals surface area contributed by atoms with E-state index in [1.54, 1.807) is 0 Å². The van der Waals surface area contributed by atoms with Gasteiger partial charge in [0.2, 0.25) is 0 Å². The first-order chi connectivity index (χ1) is 9.79. The van der Waals surface area contributed by atoms with Gasteiger partial charge in [0.1, 0.15) is 5.82 Å². The van der Waals surface area contributed by atoms with Crippen LogP contribution in [-0.4, -0.2) is 20.9 Å². The fraction of sp³-hybridized carbons (Fsp3) is 0.500. The van der Waals surface area contributed by atoms with Gasteiger partial charge in [0.25, 0.3) is 15.0 Å². The summed E-state index contributed by atoms with van der Waals surface area (Å²) >= 11 is 0. The molecule has 4 nitrogen and oxygen atoms in total.